The van der Waals surface area contributed by atoms with Gasteiger partial charge < -0.3 is 15.1 Å². The molecule has 0 spiro atoms. The second-order valence-corrected chi connectivity index (χ2v) is 5.64. The lowest BCUT2D eigenvalue weighted by atomic mass is 10.2. The average Bonchev–Trinajstić information content (AvgIpc) is 2.61. The molecule has 0 unspecified atom stereocenters. The summed E-state index contributed by atoms with van der Waals surface area (Å²) in [5.74, 6) is 0. The molecule has 0 amide bonds. The highest BCUT2D eigenvalue weighted by Gasteiger charge is 2.15. The van der Waals surface area contributed by atoms with Gasteiger partial charge in [0.2, 0.25) is 0 Å². The fraction of sp³-hybridized carbons (Fsp3) is 0.389. The molecule has 0 radical (unpaired) electrons. The van der Waals surface area contributed by atoms with Gasteiger partial charge in [-0.3, -0.25) is 4.98 Å². The third-order valence-corrected chi connectivity index (χ3v) is 4.25. The Morgan fingerprint density at radius 3 is 2.41 bits per heavy atom. The molecule has 4 nitrogen and oxygen atoms in total. The summed E-state index contributed by atoms with van der Waals surface area (Å²) in [5, 5.41) is 3.42. The van der Waals surface area contributed by atoms with Crippen LogP contribution in [0.4, 0.5) is 11.4 Å². The maximum atomic E-state index is 4.32. The van der Waals surface area contributed by atoms with Gasteiger partial charge in [0.25, 0.3) is 0 Å². The molecule has 2 aromatic rings. The summed E-state index contributed by atoms with van der Waals surface area (Å²) in [4.78, 5) is 9.29. The molecule has 2 heterocycles. The van der Waals surface area contributed by atoms with Crippen LogP contribution in [0.2, 0.25) is 0 Å². The zero-order valence-corrected chi connectivity index (χ0v) is 13.2. The number of aromatic nitrogens is 1. The van der Waals surface area contributed by atoms with E-state index >= 15 is 0 Å². The fourth-order valence-corrected chi connectivity index (χ4v) is 2.81. The maximum Gasteiger partial charge on any atom is 0.0594 e. The number of benzene rings is 1. The minimum absolute atomic E-state index is 0.759. The van der Waals surface area contributed by atoms with Crippen molar-refractivity contribution in [3.05, 3.63) is 54.4 Å². The van der Waals surface area contributed by atoms with Crippen molar-refractivity contribution in [1.82, 2.24) is 9.88 Å². The van der Waals surface area contributed by atoms with Crippen LogP contribution in [0.1, 0.15) is 12.6 Å². The Bertz CT molecular complexity index is 559. The van der Waals surface area contributed by atoms with Crippen LogP contribution >= 0.6 is 0 Å². The Labute approximate surface area is 132 Å². The first-order valence-corrected chi connectivity index (χ1v) is 8.06. The lowest BCUT2D eigenvalue weighted by Gasteiger charge is -2.35. The molecule has 1 aliphatic rings. The fourth-order valence-electron chi connectivity index (χ4n) is 2.81. The van der Waals surface area contributed by atoms with Crippen molar-refractivity contribution >= 4 is 11.4 Å². The predicted octanol–water partition coefficient (Wildman–Crippen LogP) is 2.84. The Morgan fingerprint density at radius 2 is 1.77 bits per heavy atom. The molecule has 3 rings (SSSR count). The number of piperazine rings is 1. The summed E-state index contributed by atoms with van der Waals surface area (Å²) in [5.41, 5.74) is 3.52. The zero-order valence-electron chi connectivity index (χ0n) is 13.2. The van der Waals surface area contributed by atoms with Gasteiger partial charge in [-0.1, -0.05) is 13.0 Å². The summed E-state index contributed by atoms with van der Waals surface area (Å²) in [7, 11) is 0. The van der Waals surface area contributed by atoms with Crippen molar-refractivity contribution in [2.75, 3.05) is 42.9 Å². The molecule has 0 aliphatic carbocycles. The number of hydrogen-bond acceptors (Lipinski definition) is 4. The van der Waals surface area contributed by atoms with Gasteiger partial charge in [-0.2, -0.15) is 0 Å². The smallest absolute Gasteiger partial charge is 0.0594 e. The minimum Gasteiger partial charge on any atom is -0.379 e. The van der Waals surface area contributed by atoms with Gasteiger partial charge >= 0.3 is 0 Å². The Balaban J connectivity index is 1.54. The normalized spacial score (nSPS) is 15.8. The first-order valence-electron chi connectivity index (χ1n) is 8.06. The van der Waals surface area contributed by atoms with Crippen LogP contribution < -0.4 is 10.2 Å². The minimum atomic E-state index is 0.759. The van der Waals surface area contributed by atoms with Crippen molar-refractivity contribution in [3.63, 3.8) is 0 Å². The van der Waals surface area contributed by atoms with E-state index in [0.29, 0.717) is 0 Å². The lowest BCUT2D eigenvalue weighted by molar-refractivity contribution is 0.271. The number of nitrogens with one attached hydrogen (secondary N) is 1. The molecular weight excluding hydrogens is 272 g/mol. The highest BCUT2D eigenvalue weighted by Crippen LogP contribution is 2.19. The summed E-state index contributed by atoms with van der Waals surface area (Å²) in [6.07, 6.45) is 1.83. The SMILES string of the molecule is CCN1CCN(c2ccc(NCc3ccccn3)cc2)CC1. The maximum absolute atomic E-state index is 4.32. The van der Waals surface area contributed by atoms with Crippen molar-refractivity contribution in [1.29, 1.82) is 0 Å². The summed E-state index contributed by atoms with van der Waals surface area (Å²) < 4.78 is 0. The van der Waals surface area contributed by atoms with Crippen LogP contribution in [-0.4, -0.2) is 42.6 Å². The standard InChI is InChI=1S/C18H24N4/c1-2-21-11-13-22(14-12-21)18-8-6-16(7-9-18)20-15-17-5-3-4-10-19-17/h3-10,20H,2,11-15H2,1H3. The average molecular weight is 296 g/mol. The van der Waals surface area contributed by atoms with Gasteiger partial charge in [-0.25, -0.2) is 0 Å². The monoisotopic (exact) mass is 296 g/mol. The Kier molecular flexibility index (Phi) is 4.91. The topological polar surface area (TPSA) is 31.4 Å². The van der Waals surface area contributed by atoms with Crippen molar-refractivity contribution in [2.45, 2.75) is 13.5 Å². The number of nitrogens with zero attached hydrogens (tertiary/aromatic N) is 3. The highest BCUT2D eigenvalue weighted by molar-refractivity contribution is 5.55. The lowest BCUT2D eigenvalue weighted by Crippen LogP contribution is -2.46. The second-order valence-electron chi connectivity index (χ2n) is 5.64. The van der Waals surface area contributed by atoms with E-state index < -0.39 is 0 Å². The van der Waals surface area contributed by atoms with Gasteiger partial charge in [0.15, 0.2) is 0 Å². The molecule has 1 saturated heterocycles. The molecule has 1 aliphatic heterocycles. The third-order valence-electron chi connectivity index (χ3n) is 4.25. The van der Waals surface area contributed by atoms with Crippen LogP contribution in [0.3, 0.4) is 0 Å². The van der Waals surface area contributed by atoms with Crippen LogP contribution in [0.25, 0.3) is 0 Å². The first kappa shape index (κ1) is 14.9. The van der Waals surface area contributed by atoms with E-state index in [0.717, 1.165) is 50.6 Å². The van der Waals surface area contributed by atoms with E-state index in [9.17, 15) is 0 Å². The molecule has 1 fully saturated rings. The third kappa shape index (κ3) is 3.77. The molecule has 1 aromatic carbocycles. The van der Waals surface area contributed by atoms with Crippen LogP contribution in [0.15, 0.2) is 48.7 Å². The van der Waals surface area contributed by atoms with Crippen molar-refractivity contribution in [3.8, 4) is 0 Å². The number of pyridine rings is 1. The molecule has 0 saturated carbocycles. The molecule has 22 heavy (non-hydrogen) atoms. The van der Waals surface area contributed by atoms with E-state index in [2.05, 4.69) is 51.3 Å². The number of rotatable bonds is 5. The first-order chi connectivity index (χ1) is 10.8. The number of anilines is 2. The summed E-state index contributed by atoms with van der Waals surface area (Å²) in [6.45, 7) is 8.72. The van der Waals surface area contributed by atoms with Crippen LogP contribution in [0, 0.1) is 0 Å². The quantitative estimate of drug-likeness (QED) is 0.919. The van der Waals surface area contributed by atoms with Gasteiger partial charge in [0.05, 0.1) is 12.2 Å². The summed E-state index contributed by atoms with van der Waals surface area (Å²) in [6, 6.07) is 14.7. The molecular formula is C18H24N4. The summed E-state index contributed by atoms with van der Waals surface area (Å²) >= 11 is 0. The van der Waals surface area contributed by atoms with Gasteiger partial charge in [-0.15, -0.1) is 0 Å². The van der Waals surface area contributed by atoms with E-state index in [1.54, 1.807) is 0 Å². The Morgan fingerprint density at radius 1 is 1.00 bits per heavy atom. The second kappa shape index (κ2) is 7.27. The van der Waals surface area contributed by atoms with E-state index in [1.807, 2.05) is 24.4 Å². The van der Waals surface area contributed by atoms with Crippen LogP contribution in [0.5, 0.6) is 0 Å². The van der Waals surface area contributed by atoms with Crippen molar-refractivity contribution in [2.24, 2.45) is 0 Å². The number of likely N-dealkylation sites (N-methyl/N-ethyl adjacent to an activating group) is 1. The van der Waals surface area contributed by atoms with Crippen LogP contribution in [-0.2, 0) is 6.54 Å². The zero-order chi connectivity index (χ0) is 15.2. The number of hydrogen-bond donors (Lipinski definition) is 1. The molecule has 4 heteroatoms. The molecule has 116 valence electrons. The van der Waals surface area contributed by atoms with Crippen molar-refractivity contribution < 1.29 is 0 Å². The molecule has 0 bridgehead atoms. The van der Waals surface area contributed by atoms with Gasteiger partial charge in [-0.05, 0) is 42.9 Å². The van der Waals surface area contributed by atoms with Gasteiger partial charge in [0.1, 0.15) is 0 Å². The van der Waals surface area contributed by atoms with E-state index in [1.165, 1.54) is 5.69 Å². The predicted molar refractivity (Wildman–Crippen MR) is 92.3 cm³/mol. The van der Waals surface area contributed by atoms with E-state index in [4.69, 9.17) is 0 Å². The van der Waals surface area contributed by atoms with E-state index in [-0.39, 0.29) is 0 Å². The molecule has 1 N–H and O–H groups in total. The molecule has 1 aromatic heterocycles. The largest absolute Gasteiger partial charge is 0.379 e. The molecule has 0 atom stereocenters. The highest BCUT2D eigenvalue weighted by atomic mass is 15.3. The van der Waals surface area contributed by atoms with Gasteiger partial charge in [0, 0.05) is 43.8 Å². The Hall–Kier alpha value is -2.07.